The average Bonchev–Trinajstić information content (AvgIpc) is 3.17. The van der Waals surface area contributed by atoms with Gasteiger partial charge < -0.3 is 4.74 Å². The van der Waals surface area contributed by atoms with Gasteiger partial charge in [-0.3, -0.25) is 9.69 Å². The molecule has 0 radical (unpaired) electrons. The van der Waals surface area contributed by atoms with Crippen LogP contribution in [-0.4, -0.2) is 51.3 Å². The van der Waals surface area contributed by atoms with Gasteiger partial charge in [0.25, 0.3) is 0 Å². The second-order valence-corrected chi connectivity index (χ2v) is 5.09. The lowest BCUT2D eigenvalue weighted by atomic mass is 10.1. The smallest absolute Gasteiger partial charge is 0.310 e. The van der Waals surface area contributed by atoms with Crippen LogP contribution in [0.2, 0.25) is 0 Å². The molecule has 2 aromatic rings. The lowest BCUT2D eigenvalue weighted by Crippen LogP contribution is -2.25. The topological polar surface area (TPSA) is 73.1 Å². The highest BCUT2D eigenvalue weighted by Crippen LogP contribution is 2.19. The normalized spacial score (nSPS) is 18.8. The van der Waals surface area contributed by atoms with Crippen molar-refractivity contribution in [3.05, 3.63) is 36.2 Å². The van der Waals surface area contributed by atoms with Crippen molar-refractivity contribution in [3.63, 3.8) is 0 Å². The van der Waals surface area contributed by atoms with Gasteiger partial charge in [0.15, 0.2) is 5.82 Å². The number of para-hydroxylation sites is 1. The first-order chi connectivity index (χ1) is 10.3. The van der Waals surface area contributed by atoms with Crippen molar-refractivity contribution in [1.29, 1.82) is 0 Å². The summed E-state index contributed by atoms with van der Waals surface area (Å²) in [6, 6.07) is 9.77. The summed E-state index contributed by atoms with van der Waals surface area (Å²) in [5, 5.41) is 11.9. The summed E-state index contributed by atoms with van der Waals surface area (Å²) in [6.07, 6.45) is 0.819. The monoisotopic (exact) mass is 287 g/mol. The minimum Gasteiger partial charge on any atom is -0.469 e. The first kappa shape index (κ1) is 13.7. The van der Waals surface area contributed by atoms with E-state index in [0.29, 0.717) is 13.1 Å². The van der Waals surface area contributed by atoms with Gasteiger partial charge in [0, 0.05) is 6.54 Å². The van der Waals surface area contributed by atoms with Gasteiger partial charge >= 0.3 is 5.97 Å². The molecule has 1 aromatic heterocycles. The third kappa shape index (κ3) is 2.92. The maximum Gasteiger partial charge on any atom is 0.310 e. The van der Waals surface area contributed by atoms with Gasteiger partial charge in [-0.1, -0.05) is 18.2 Å². The van der Waals surface area contributed by atoms with E-state index in [9.17, 15) is 4.79 Å². The fraction of sp³-hybridized carbons (Fsp3) is 0.429. The maximum absolute atomic E-state index is 11.6. The molecule has 3 rings (SSSR count). The van der Waals surface area contributed by atoms with Gasteiger partial charge in [0.05, 0.1) is 25.3 Å². The zero-order chi connectivity index (χ0) is 14.7. The molecule has 1 unspecified atom stereocenters. The van der Waals surface area contributed by atoms with E-state index in [1.807, 2.05) is 30.3 Å². The highest BCUT2D eigenvalue weighted by molar-refractivity contribution is 5.72. The lowest BCUT2D eigenvalue weighted by Gasteiger charge is -2.14. The number of rotatable bonds is 4. The first-order valence-electron chi connectivity index (χ1n) is 6.91. The van der Waals surface area contributed by atoms with Crippen LogP contribution in [0.1, 0.15) is 12.2 Å². The quantitative estimate of drug-likeness (QED) is 0.769. The van der Waals surface area contributed by atoms with Crippen molar-refractivity contribution in [2.45, 2.75) is 13.0 Å². The number of aromatic nitrogens is 4. The molecule has 110 valence electrons. The van der Waals surface area contributed by atoms with E-state index in [1.165, 1.54) is 7.11 Å². The molecule has 0 amide bonds. The highest BCUT2D eigenvalue weighted by atomic mass is 16.5. The predicted molar refractivity (Wildman–Crippen MR) is 74.6 cm³/mol. The van der Waals surface area contributed by atoms with Crippen molar-refractivity contribution in [2.24, 2.45) is 5.92 Å². The lowest BCUT2D eigenvalue weighted by molar-refractivity contribution is -0.144. The van der Waals surface area contributed by atoms with E-state index in [4.69, 9.17) is 4.74 Å². The highest BCUT2D eigenvalue weighted by Gasteiger charge is 2.29. The van der Waals surface area contributed by atoms with Crippen molar-refractivity contribution in [2.75, 3.05) is 20.2 Å². The summed E-state index contributed by atoms with van der Waals surface area (Å²) in [6.45, 7) is 2.16. The number of methoxy groups -OCH3 is 1. The summed E-state index contributed by atoms with van der Waals surface area (Å²) in [5.74, 6) is 0.586. The third-order valence-electron chi connectivity index (χ3n) is 3.71. The summed E-state index contributed by atoms with van der Waals surface area (Å²) >= 11 is 0. The van der Waals surface area contributed by atoms with Gasteiger partial charge in [-0.05, 0) is 35.5 Å². The Bertz CT molecular complexity index is 613. The number of benzene rings is 1. The average molecular weight is 287 g/mol. The van der Waals surface area contributed by atoms with Crippen LogP contribution < -0.4 is 0 Å². The van der Waals surface area contributed by atoms with Crippen molar-refractivity contribution in [3.8, 4) is 5.69 Å². The second-order valence-electron chi connectivity index (χ2n) is 5.09. The molecule has 0 N–H and O–H groups in total. The molecule has 1 atom stereocenters. The molecule has 0 aliphatic carbocycles. The molecule has 1 aliphatic heterocycles. The van der Waals surface area contributed by atoms with Gasteiger partial charge in [-0.25, -0.2) is 0 Å². The van der Waals surface area contributed by atoms with Crippen LogP contribution >= 0.6 is 0 Å². The molecule has 2 heterocycles. The number of hydrogen-bond donors (Lipinski definition) is 0. The summed E-state index contributed by atoms with van der Waals surface area (Å²) < 4.78 is 6.53. The van der Waals surface area contributed by atoms with Crippen LogP contribution in [0.15, 0.2) is 30.3 Å². The van der Waals surface area contributed by atoms with Crippen molar-refractivity contribution < 1.29 is 9.53 Å². The van der Waals surface area contributed by atoms with Crippen LogP contribution in [0.4, 0.5) is 0 Å². The third-order valence-corrected chi connectivity index (χ3v) is 3.71. The Labute approximate surface area is 122 Å². The number of hydrogen-bond acceptors (Lipinski definition) is 6. The predicted octanol–water partition coefficient (Wildman–Crippen LogP) is 0.657. The summed E-state index contributed by atoms with van der Waals surface area (Å²) in [7, 11) is 1.43. The van der Waals surface area contributed by atoms with Crippen molar-refractivity contribution in [1.82, 2.24) is 25.1 Å². The van der Waals surface area contributed by atoms with Crippen LogP contribution in [0, 0.1) is 5.92 Å². The Morgan fingerprint density at radius 1 is 1.38 bits per heavy atom. The second kappa shape index (κ2) is 6.01. The Morgan fingerprint density at radius 3 is 2.95 bits per heavy atom. The summed E-state index contributed by atoms with van der Waals surface area (Å²) in [4.78, 5) is 13.7. The molecule has 21 heavy (non-hydrogen) atoms. The van der Waals surface area contributed by atoms with Gasteiger partial charge in [-0.2, -0.15) is 4.68 Å². The number of nitrogens with zero attached hydrogens (tertiary/aromatic N) is 5. The number of esters is 1. The Kier molecular flexibility index (Phi) is 3.92. The molecule has 0 saturated carbocycles. The molecule has 1 aromatic carbocycles. The van der Waals surface area contributed by atoms with Crippen LogP contribution in [0.3, 0.4) is 0 Å². The number of ether oxygens (including phenoxy) is 1. The standard InChI is InChI=1S/C14H17N5O2/c1-21-14(20)11-7-8-18(9-11)10-13-15-16-17-19(13)12-5-3-2-4-6-12/h2-6,11H,7-10H2,1H3. The fourth-order valence-electron chi connectivity index (χ4n) is 2.61. The van der Waals surface area contributed by atoms with E-state index in [2.05, 4.69) is 20.4 Å². The van der Waals surface area contributed by atoms with E-state index < -0.39 is 0 Å². The van der Waals surface area contributed by atoms with E-state index in [1.54, 1.807) is 4.68 Å². The number of tetrazole rings is 1. The van der Waals surface area contributed by atoms with Crippen LogP contribution in [0.5, 0.6) is 0 Å². The van der Waals surface area contributed by atoms with E-state index >= 15 is 0 Å². The zero-order valence-electron chi connectivity index (χ0n) is 11.8. The molecule has 0 bridgehead atoms. The minimum atomic E-state index is -0.139. The molecule has 1 fully saturated rings. The Hall–Kier alpha value is -2.28. The summed E-state index contributed by atoms with van der Waals surface area (Å²) in [5.41, 5.74) is 0.932. The zero-order valence-corrected chi connectivity index (χ0v) is 11.8. The van der Waals surface area contributed by atoms with E-state index in [-0.39, 0.29) is 11.9 Å². The maximum atomic E-state index is 11.6. The SMILES string of the molecule is COC(=O)C1CCN(Cc2nnnn2-c2ccccc2)C1. The van der Waals surface area contributed by atoms with Gasteiger partial charge in [0.1, 0.15) is 0 Å². The van der Waals surface area contributed by atoms with E-state index in [0.717, 1.165) is 24.5 Å². The molecular weight excluding hydrogens is 270 g/mol. The molecule has 1 saturated heterocycles. The number of carbonyl (C=O) groups is 1. The molecular formula is C14H17N5O2. The molecule has 7 heteroatoms. The Morgan fingerprint density at radius 2 is 2.19 bits per heavy atom. The van der Waals surface area contributed by atoms with Gasteiger partial charge in [0.2, 0.25) is 0 Å². The first-order valence-corrected chi connectivity index (χ1v) is 6.91. The number of likely N-dealkylation sites (tertiary alicyclic amines) is 1. The minimum absolute atomic E-state index is 0.0453. The van der Waals surface area contributed by atoms with Crippen molar-refractivity contribution >= 4 is 5.97 Å². The van der Waals surface area contributed by atoms with Crippen LogP contribution in [0.25, 0.3) is 5.69 Å². The molecule has 7 nitrogen and oxygen atoms in total. The van der Waals surface area contributed by atoms with Crippen LogP contribution in [-0.2, 0) is 16.1 Å². The molecule has 1 aliphatic rings. The Balaban J connectivity index is 1.70. The number of carbonyl (C=O) groups excluding carboxylic acids is 1. The fourth-order valence-corrected chi connectivity index (χ4v) is 2.61. The largest absolute Gasteiger partial charge is 0.469 e. The van der Waals surface area contributed by atoms with Gasteiger partial charge in [-0.15, -0.1) is 5.10 Å². The molecule has 0 spiro atoms.